The smallest absolute Gasteiger partial charge is 0.467 e. The van der Waals surface area contributed by atoms with Crippen LogP contribution in [0, 0.1) is 0 Å². The van der Waals surface area contributed by atoms with Gasteiger partial charge in [0.15, 0.2) is 0 Å². The second-order valence-corrected chi connectivity index (χ2v) is 5.96. The minimum absolute atomic E-state index is 0. The van der Waals surface area contributed by atoms with Gasteiger partial charge in [-0.1, -0.05) is 6.07 Å². The van der Waals surface area contributed by atoms with Crippen LogP contribution in [0.1, 0.15) is 22.5 Å². The van der Waals surface area contributed by atoms with Crippen LogP contribution in [0.2, 0.25) is 0 Å². The van der Waals surface area contributed by atoms with E-state index in [9.17, 15) is 18.0 Å². The summed E-state index contributed by atoms with van der Waals surface area (Å²) >= 11 is 0. The van der Waals surface area contributed by atoms with Gasteiger partial charge in [0.2, 0.25) is 0 Å². The minimum Gasteiger partial charge on any atom is -0.467 e. The molecule has 1 aliphatic heterocycles. The monoisotopic (exact) mass is 441 g/mol. The average molecular weight is 442 g/mol. The number of furan rings is 1. The number of anilines is 1. The summed E-state index contributed by atoms with van der Waals surface area (Å²) in [6.07, 6.45) is -2.70. The zero-order valence-corrected chi connectivity index (χ0v) is 16.2. The van der Waals surface area contributed by atoms with Gasteiger partial charge in [0.1, 0.15) is 17.8 Å². The van der Waals surface area contributed by atoms with Crippen molar-refractivity contribution in [2.24, 2.45) is 5.73 Å². The van der Waals surface area contributed by atoms with Crippen LogP contribution in [0.4, 0.5) is 18.9 Å². The van der Waals surface area contributed by atoms with Gasteiger partial charge in [-0.3, -0.25) is 4.79 Å². The number of benzene rings is 1. The lowest BCUT2D eigenvalue weighted by atomic mass is 10.2. The number of nitrogens with two attached hydrogens (primary N) is 1. The predicted molar refractivity (Wildman–Crippen MR) is 102 cm³/mol. The van der Waals surface area contributed by atoms with E-state index in [-0.39, 0.29) is 49.1 Å². The topological polar surface area (TPSA) is 80.7 Å². The maximum absolute atomic E-state index is 12.3. The predicted octanol–water partition coefficient (Wildman–Crippen LogP) is 3.49. The van der Waals surface area contributed by atoms with Gasteiger partial charge in [0.05, 0.1) is 12.1 Å². The number of hydrogen-bond acceptors (Lipinski definition) is 5. The van der Waals surface area contributed by atoms with Crippen LogP contribution in [0.15, 0.2) is 41.0 Å². The van der Waals surface area contributed by atoms with E-state index in [0.717, 1.165) is 0 Å². The third kappa shape index (κ3) is 6.22. The molecule has 1 aliphatic rings. The Labute approximate surface area is 172 Å². The highest BCUT2D eigenvalue weighted by atomic mass is 35.5. The van der Waals surface area contributed by atoms with Gasteiger partial charge >= 0.3 is 6.36 Å². The van der Waals surface area contributed by atoms with Gasteiger partial charge in [0, 0.05) is 30.9 Å². The molecule has 0 radical (unpaired) electrons. The van der Waals surface area contributed by atoms with Crippen molar-refractivity contribution in [1.29, 1.82) is 0 Å². The van der Waals surface area contributed by atoms with E-state index in [4.69, 9.17) is 10.2 Å². The molecule has 2 heterocycles. The van der Waals surface area contributed by atoms with Crippen molar-refractivity contribution in [2.75, 3.05) is 18.0 Å². The lowest BCUT2D eigenvalue weighted by Crippen LogP contribution is -2.36. The van der Waals surface area contributed by atoms with Crippen molar-refractivity contribution in [3.05, 3.63) is 47.9 Å². The van der Waals surface area contributed by atoms with Crippen LogP contribution in [-0.2, 0) is 6.54 Å². The number of ether oxygens (including phenoxy) is 1. The zero-order valence-electron chi connectivity index (χ0n) is 14.6. The molecule has 0 spiro atoms. The van der Waals surface area contributed by atoms with Gasteiger partial charge in [-0.2, -0.15) is 0 Å². The lowest BCUT2D eigenvalue weighted by molar-refractivity contribution is -0.274. The number of halogens is 5. The molecule has 3 N–H and O–H groups in total. The number of hydrogen-bond donors (Lipinski definition) is 2. The third-order valence-electron chi connectivity index (χ3n) is 4.06. The van der Waals surface area contributed by atoms with Crippen molar-refractivity contribution in [3.8, 4) is 5.75 Å². The van der Waals surface area contributed by atoms with E-state index < -0.39 is 6.36 Å². The quantitative estimate of drug-likeness (QED) is 0.741. The zero-order chi connectivity index (χ0) is 18.7. The molecule has 1 amide bonds. The molecular weight excluding hydrogens is 422 g/mol. The third-order valence-corrected chi connectivity index (χ3v) is 4.06. The van der Waals surface area contributed by atoms with Crippen LogP contribution < -0.4 is 20.7 Å². The fourth-order valence-electron chi connectivity index (χ4n) is 2.87. The summed E-state index contributed by atoms with van der Waals surface area (Å²) in [6.45, 7) is 1.31. The molecule has 11 heteroatoms. The lowest BCUT2D eigenvalue weighted by Gasteiger charge is -2.20. The molecule has 0 bridgehead atoms. The van der Waals surface area contributed by atoms with Gasteiger partial charge in [-0.25, -0.2) is 0 Å². The van der Waals surface area contributed by atoms with Crippen molar-refractivity contribution in [2.45, 2.75) is 25.4 Å². The van der Waals surface area contributed by atoms with Crippen molar-refractivity contribution in [3.63, 3.8) is 0 Å². The van der Waals surface area contributed by atoms with Gasteiger partial charge in [-0.05, 0) is 24.6 Å². The number of rotatable bonds is 5. The Bertz CT molecular complexity index is 786. The SMILES string of the molecule is Cl.Cl.NCc1cc(C(=O)NC2CCN(c3cccc(OC(F)(F)F)c3)C2)co1. The normalized spacial score (nSPS) is 16.1. The summed E-state index contributed by atoms with van der Waals surface area (Å²) < 4.78 is 46.1. The second-order valence-electron chi connectivity index (χ2n) is 5.96. The Morgan fingerprint density at radius 2 is 2.07 bits per heavy atom. The van der Waals surface area contributed by atoms with E-state index in [1.165, 1.54) is 24.5 Å². The average Bonchev–Trinajstić information content (AvgIpc) is 3.22. The first-order valence-corrected chi connectivity index (χ1v) is 8.03. The summed E-state index contributed by atoms with van der Waals surface area (Å²) in [5.41, 5.74) is 6.45. The maximum atomic E-state index is 12.3. The molecule has 1 aromatic heterocycles. The first-order chi connectivity index (χ1) is 12.3. The Morgan fingerprint density at radius 3 is 2.71 bits per heavy atom. The molecule has 1 aromatic carbocycles. The van der Waals surface area contributed by atoms with E-state index in [1.54, 1.807) is 12.1 Å². The largest absolute Gasteiger partial charge is 0.573 e. The molecule has 1 saturated heterocycles. The summed E-state index contributed by atoms with van der Waals surface area (Å²) in [5.74, 6) is -0.0191. The Balaban J connectivity index is 0.00000196. The molecule has 6 nitrogen and oxygen atoms in total. The highest BCUT2D eigenvalue weighted by Crippen LogP contribution is 2.28. The van der Waals surface area contributed by atoms with Crippen molar-refractivity contribution in [1.82, 2.24) is 5.32 Å². The second kappa shape index (κ2) is 9.90. The number of alkyl halides is 3. The molecule has 156 valence electrons. The summed E-state index contributed by atoms with van der Waals surface area (Å²) in [5, 5.41) is 2.89. The Hall–Kier alpha value is -2.10. The molecule has 1 atom stereocenters. The van der Waals surface area contributed by atoms with E-state index in [2.05, 4.69) is 10.1 Å². The molecule has 2 aromatic rings. The summed E-state index contributed by atoms with van der Waals surface area (Å²) in [7, 11) is 0. The number of nitrogens with one attached hydrogen (secondary N) is 1. The molecule has 0 saturated carbocycles. The van der Waals surface area contributed by atoms with Crippen LogP contribution in [-0.4, -0.2) is 31.4 Å². The molecule has 28 heavy (non-hydrogen) atoms. The first-order valence-electron chi connectivity index (χ1n) is 8.03. The number of carbonyl (C=O) groups excluding carboxylic acids is 1. The van der Waals surface area contributed by atoms with E-state index in [1.807, 2.05) is 4.90 Å². The molecule has 1 fully saturated rings. The highest BCUT2D eigenvalue weighted by Gasteiger charge is 2.31. The standard InChI is InChI=1S/C17H18F3N3O3.2ClH/c18-17(19,20)26-14-3-1-2-13(7-14)23-5-4-12(9-23)22-16(24)11-6-15(8-21)25-10-11;;/h1-3,6-7,10,12H,4-5,8-9,21H2,(H,22,24);2*1H. The molecule has 1 unspecified atom stereocenters. The summed E-state index contributed by atoms with van der Waals surface area (Å²) in [4.78, 5) is 14.1. The van der Waals surface area contributed by atoms with Crippen LogP contribution in [0.5, 0.6) is 5.75 Å². The van der Waals surface area contributed by atoms with Gasteiger partial charge < -0.3 is 25.1 Å². The first kappa shape index (κ1) is 23.9. The molecule has 3 rings (SSSR count). The van der Waals surface area contributed by atoms with Gasteiger partial charge in [0.25, 0.3) is 5.91 Å². The fourth-order valence-corrected chi connectivity index (χ4v) is 2.87. The van der Waals surface area contributed by atoms with Crippen LogP contribution >= 0.6 is 24.8 Å². The van der Waals surface area contributed by atoms with Gasteiger partial charge in [-0.15, -0.1) is 38.0 Å². The highest BCUT2D eigenvalue weighted by molar-refractivity contribution is 5.94. The van der Waals surface area contributed by atoms with Crippen molar-refractivity contribution >= 4 is 36.4 Å². The summed E-state index contributed by atoms with van der Waals surface area (Å²) in [6, 6.07) is 7.26. The molecular formula is C17H20Cl2F3N3O3. The Morgan fingerprint density at radius 1 is 1.32 bits per heavy atom. The van der Waals surface area contributed by atoms with Crippen LogP contribution in [0.3, 0.4) is 0 Å². The number of carbonyl (C=O) groups is 1. The Kier molecular flexibility index (Phi) is 8.47. The number of amides is 1. The fraction of sp³-hybridized carbons (Fsp3) is 0.353. The number of nitrogens with zero attached hydrogens (tertiary/aromatic N) is 1. The van der Waals surface area contributed by atoms with Crippen molar-refractivity contribution < 1.29 is 27.1 Å². The molecule has 0 aliphatic carbocycles. The minimum atomic E-state index is -4.73. The van der Waals surface area contributed by atoms with Crippen LogP contribution in [0.25, 0.3) is 0 Å². The van der Waals surface area contributed by atoms with E-state index in [0.29, 0.717) is 36.5 Å². The van der Waals surface area contributed by atoms with E-state index >= 15 is 0 Å². The maximum Gasteiger partial charge on any atom is 0.573 e.